The minimum atomic E-state index is -0.368. The summed E-state index contributed by atoms with van der Waals surface area (Å²) < 4.78 is 4.93. The third-order valence-corrected chi connectivity index (χ3v) is 3.33. The molecule has 0 radical (unpaired) electrons. The van der Waals surface area contributed by atoms with E-state index in [1.807, 2.05) is 67.6 Å². The van der Waals surface area contributed by atoms with Crippen LogP contribution in [-0.4, -0.2) is 19.1 Å². The van der Waals surface area contributed by atoms with Crippen LogP contribution >= 0.6 is 0 Å². The number of carbonyl (C=O) groups is 1. The summed E-state index contributed by atoms with van der Waals surface area (Å²) in [5.41, 5.74) is 8.15. The van der Waals surface area contributed by atoms with Crippen LogP contribution in [0.3, 0.4) is 0 Å². The van der Waals surface area contributed by atoms with Crippen molar-refractivity contribution in [3.8, 4) is 0 Å². The van der Waals surface area contributed by atoms with Crippen molar-refractivity contribution >= 4 is 11.7 Å². The molecule has 2 atom stereocenters. The number of esters is 1. The largest absolute Gasteiger partial charge is 0.469 e. The van der Waals surface area contributed by atoms with Gasteiger partial charge in [-0.3, -0.25) is 4.79 Å². The van der Waals surface area contributed by atoms with Crippen LogP contribution in [0.25, 0.3) is 0 Å². The lowest BCUT2D eigenvalue weighted by atomic mass is 9.93. The first-order valence-electron chi connectivity index (χ1n) is 6.91. The molecule has 0 heterocycles. The van der Waals surface area contributed by atoms with Gasteiger partial charge in [0.25, 0.3) is 0 Å². The Bertz CT molecular complexity index is 558. The summed E-state index contributed by atoms with van der Waals surface area (Å²) in [6.07, 6.45) is 0. The summed E-state index contributed by atoms with van der Waals surface area (Å²) in [7, 11) is 1.41. The van der Waals surface area contributed by atoms with E-state index in [9.17, 15) is 4.79 Å². The smallest absolute Gasteiger partial charge is 0.314 e. The van der Waals surface area contributed by atoms with E-state index >= 15 is 0 Å². The van der Waals surface area contributed by atoms with Crippen molar-refractivity contribution in [3.05, 3.63) is 66.2 Å². The Morgan fingerprint density at radius 3 is 2.14 bits per heavy atom. The lowest BCUT2D eigenvalue weighted by molar-refractivity contribution is -0.143. The zero-order chi connectivity index (χ0) is 15.1. The van der Waals surface area contributed by atoms with Crippen LogP contribution in [0.15, 0.2) is 60.7 Å². The topological polar surface area (TPSA) is 50.4 Å². The number of hydrogen-bond acceptors (Lipinski definition) is 4. The lowest BCUT2D eigenvalue weighted by Gasteiger charge is -2.24. The lowest BCUT2D eigenvalue weighted by Crippen LogP contribution is -2.40. The predicted molar refractivity (Wildman–Crippen MR) is 83.9 cm³/mol. The molecule has 0 aliphatic rings. The van der Waals surface area contributed by atoms with E-state index in [1.165, 1.54) is 7.11 Å². The van der Waals surface area contributed by atoms with Gasteiger partial charge in [0.1, 0.15) is 0 Å². The summed E-state index contributed by atoms with van der Waals surface area (Å²) in [4.78, 5) is 12.1. The van der Waals surface area contributed by atoms with Gasteiger partial charge >= 0.3 is 5.97 Å². The van der Waals surface area contributed by atoms with Crippen LogP contribution in [0.5, 0.6) is 0 Å². The Hall–Kier alpha value is -2.33. The number of carbonyl (C=O) groups excluding carboxylic acids is 1. The standard InChI is InChI=1S/C17H20N2O2/c1-13(18-19-15-11-7-4-8-12-15)16(17(20)21-2)14-9-5-3-6-10-14/h3-13,16,18-19H,1-2H3. The summed E-state index contributed by atoms with van der Waals surface area (Å²) >= 11 is 0. The molecule has 110 valence electrons. The minimum Gasteiger partial charge on any atom is -0.469 e. The highest BCUT2D eigenvalue weighted by molar-refractivity contribution is 5.79. The molecule has 4 heteroatoms. The van der Waals surface area contributed by atoms with E-state index < -0.39 is 0 Å². The number of anilines is 1. The van der Waals surface area contributed by atoms with Gasteiger partial charge in [0.2, 0.25) is 0 Å². The van der Waals surface area contributed by atoms with Crippen molar-refractivity contribution in [3.63, 3.8) is 0 Å². The van der Waals surface area contributed by atoms with Crippen LogP contribution in [0.2, 0.25) is 0 Å². The molecule has 2 N–H and O–H groups in total. The second kappa shape index (κ2) is 7.45. The predicted octanol–water partition coefficient (Wildman–Crippen LogP) is 2.95. The summed E-state index contributed by atoms with van der Waals surface area (Å²) in [5.74, 6) is -0.622. The zero-order valence-electron chi connectivity index (χ0n) is 12.2. The molecule has 0 aliphatic carbocycles. The van der Waals surface area contributed by atoms with Crippen LogP contribution in [0.4, 0.5) is 5.69 Å². The normalized spacial score (nSPS) is 13.2. The molecule has 2 aromatic carbocycles. The number of rotatable bonds is 6. The van der Waals surface area contributed by atoms with Crippen LogP contribution in [-0.2, 0) is 9.53 Å². The van der Waals surface area contributed by atoms with Gasteiger partial charge in [-0.1, -0.05) is 48.5 Å². The molecular weight excluding hydrogens is 264 g/mol. The van der Waals surface area contributed by atoms with Gasteiger partial charge < -0.3 is 10.2 Å². The molecule has 0 amide bonds. The van der Waals surface area contributed by atoms with Crippen molar-refractivity contribution in [1.82, 2.24) is 5.43 Å². The maximum Gasteiger partial charge on any atom is 0.314 e. The number of nitrogens with one attached hydrogen (secondary N) is 2. The molecule has 0 saturated heterocycles. The molecule has 2 unspecified atom stereocenters. The highest BCUT2D eigenvalue weighted by atomic mass is 16.5. The molecule has 0 aliphatic heterocycles. The van der Waals surface area contributed by atoms with E-state index in [4.69, 9.17) is 4.74 Å². The number of hydrogen-bond donors (Lipinski definition) is 2. The van der Waals surface area contributed by atoms with Gasteiger partial charge in [-0.15, -0.1) is 0 Å². The maximum atomic E-state index is 12.1. The third-order valence-electron chi connectivity index (χ3n) is 3.33. The van der Waals surface area contributed by atoms with Crippen molar-refractivity contribution in [2.45, 2.75) is 18.9 Å². The summed E-state index contributed by atoms with van der Waals surface area (Å²) in [6, 6.07) is 19.3. The molecule has 0 aromatic heterocycles. The Labute approximate surface area is 125 Å². The molecule has 0 bridgehead atoms. The Morgan fingerprint density at radius 1 is 1.00 bits per heavy atom. The monoisotopic (exact) mass is 284 g/mol. The first-order valence-corrected chi connectivity index (χ1v) is 6.91. The Balaban J connectivity index is 2.08. The number of ether oxygens (including phenoxy) is 1. The van der Waals surface area contributed by atoms with Gasteiger partial charge in [0.15, 0.2) is 0 Å². The number of hydrazine groups is 1. The maximum absolute atomic E-state index is 12.1. The molecule has 4 nitrogen and oxygen atoms in total. The molecule has 2 aromatic rings. The second-order valence-electron chi connectivity index (χ2n) is 4.84. The van der Waals surface area contributed by atoms with Crippen molar-refractivity contribution in [2.24, 2.45) is 0 Å². The first-order chi connectivity index (χ1) is 10.2. The molecule has 0 saturated carbocycles. The number of benzene rings is 2. The molecule has 0 spiro atoms. The fourth-order valence-corrected chi connectivity index (χ4v) is 2.22. The van der Waals surface area contributed by atoms with Crippen LogP contribution in [0, 0.1) is 0 Å². The van der Waals surface area contributed by atoms with E-state index in [0.29, 0.717) is 0 Å². The van der Waals surface area contributed by atoms with Gasteiger partial charge in [0.05, 0.1) is 13.0 Å². The van der Waals surface area contributed by atoms with Crippen molar-refractivity contribution in [1.29, 1.82) is 0 Å². The summed E-state index contributed by atoms with van der Waals surface area (Å²) in [5, 5.41) is 0. The molecule has 21 heavy (non-hydrogen) atoms. The third kappa shape index (κ3) is 4.07. The average Bonchev–Trinajstić information content (AvgIpc) is 2.55. The summed E-state index contributed by atoms with van der Waals surface area (Å²) in [6.45, 7) is 1.95. The first kappa shape index (κ1) is 15.1. The van der Waals surface area contributed by atoms with Crippen molar-refractivity contribution < 1.29 is 9.53 Å². The fraction of sp³-hybridized carbons (Fsp3) is 0.235. The van der Waals surface area contributed by atoms with Gasteiger partial charge in [-0.25, -0.2) is 5.43 Å². The van der Waals surface area contributed by atoms with Crippen LogP contribution < -0.4 is 10.9 Å². The molecule has 2 rings (SSSR count). The van der Waals surface area contributed by atoms with Crippen molar-refractivity contribution in [2.75, 3.05) is 12.5 Å². The highest BCUT2D eigenvalue weighted by Gasteiger charge is 2.27. The van der Waals surface area contributed by atoms with Crippen LogP contribution in [0.1, 0.15) is 18.4 Å². The average molecular weight is 284 g/mol. The SMILES string of the molecule is COC(=O)C(c1ccccc1)C(C)NNc1ccccc1. The van der Waals surface area contributed by atoms with E-state index in [1.54, 1.807) is 0 Å². The van der Waals surface area contributed by atoms with E-state index in [0.717, 1.165) is 11.3 Å². The Morgan fingerprint density at radius 2 is 1.57 bits per heavy atom. The fourth-order valence-electron chi connectivity index (χ4n) is 2.22. The highest BCUT2D eigenvalue weighted by Crippen LogP contribution is 2.21. The van der Waals surface area contributed by atoms with Gasteiger partial charge in [0, 0.05) is 11.7 Å². The van der Waals surface area contributed by atoms with Gasteiger partial charge in [-0.05, 0) is 24.6 Å². The minimum absolute atomic E-state index is 0.125. The van der Waals surface area contributed by atoms with E-state index in [-0.39, 0.29) is 17.9 Å². The molecule has 0 fully saturated rings. The number of methoxy groups -OCH3 is 1. The quantitative estimate of drug-likeness (QED) is 0.632. The van der Waals surface area contributed by atoms with Gasteiger partial charge in [-0.2, -0.15) is 0 Å². The second-order valence-corrected chi connectivity index (χ2v) is 4.84. The molecular formula is C17H20N2O2. The number of para-hydroxylation sites is 1. The Kier molecular flexibility index (Phi) is 5.35. The van der Waals surface area contributed by atoms with E-state index in [2.05, 4.69) is 10.9 Å². The zero-order valence-corrected chi connectivity index (χ0v) is 12.2.